The Kier molecular flexibility index (Phi) is 7.13. The molecule has 0 radical (unpaired) electrons. The number of aromatic nitrogens is 4. The van der Waals surface area contributed by atoms with Crippen molar-refractivity contribution in [1.29, 1.82) is 0 Å². The standard InChI is InChI=1S/C13H14Cl6N4O2/c1-6(4-8-20-22-10(24-8)12(14,15)16)3-7(2)5-9-21-23-11(25-9)13(17,18)19/h6-7H,3-5H2,1-2H3. The summed E-state index contributed by atoms with van der Waals surface area (Å²) in [6.45, 7) is 4.10. The SMILES string of the molecule is CC(Cc1nnc(C(Cl)(Cl)Cl)o1)CC(C)Cc1nnc(C(Cl)(Cl)Cl)o1. The van der Waals surface area contributed by atoms with E-state index in [-0.39, 0.29) is 23.6 Å². The molecule has 2 aromatic heterocycles. The maximum atomic E-state index is 5.70. The summed E-state index contributed by atoms with van der Waals surface area (Å²) in [7, 11) is 0. The molecule has 0 aromatic carbocycles. The molecule has 0 spiro atoms. The topological polar surface area (TPSA) is 77.8 Å². The van der Waals surface area contributed by atoms with Gasteiger partial charge in [0.05, 0.1) is 0 Å². The van der Waals surface area contributed by atoms with Crippen LogP contribution in [0, 0.1) is 11.8 Å². The first-order chi connectivity index (χ1) is 11.4. The van der Waals surface area contributed by atoms with Crippen molar-refractivity contribution in [1.82, 2.24) is 20.4 Å². The molecule has 0 aliphatic heterocycles. The smallest absolute Gasteiger partial charge is 0.268 e. The molecule has 0 amide bonds. The van der Waals surface area contributed by atoms with Gasteiger partial charge in [-0.05, 0) is 18.3 Å². The van der Waals surface area contributed by atoms with Crippen molar-refractivity contribution in [2.75, 3.05) is 0 Å². The van der Waals surface area contributed by atoms with Crippen LogP contribution in [0.15, 0.2) is 8.83 Å². The van der Waals surface area contributed by atoms with Crippen LogP contribution in [0.5, 0.6) is 0 Å². The molecule has 0 saturated carbocycles. The lowest BCUT2D eigenvalue weighted by molar-refractivity contribution is 0.346. The summed E-state index contributed by atoms with van der Waals surface area (Å²) in [5, 5.41) is 15.2. The highest BCUT2D eigenvalue weighted by Crippen LogP contribution is 2.38. The fourth-order valence-electron chi connectivity index (χ4n) is 2.35. The molecule has 0 bridgehead atoms. The molecule has 25 heavy (non-hydrogen) atoms. The van der Waals surface area contributed by atoms with Crippen LogP contribution in [0.4, 0.5) is 0 Å². The largest absolute Gasteiger partial charge is 0.421 e. The van der Waals surface area contributed by atoms with Gasteiger partial charge in [-0.25, -0.2) is 0 Å². The van der Waals surface area contributed by atoms with Gasteiger partial charge in [-0.1, -0.05) is 83.5 Å². The molecular formula is C13H14Cl6N4O2. The lowest BCUT2D eigenvalue weighted by atomic mass is 9.92. The highest BCUT2D eigenvalue weighted by Gasteiger charge is 2.31. The van der Waals surface area contributed by atoms with Crippen LogP contribution in [0.1, 0.15) is 43.8 Å². The van der Waals surface area contributed by atoms with Crippen molar-refractivity contribution in [2.45, 2.75) is 40.7 Å². The average Bonchev–Trinajstić information content (AvgIpc) is 3.06. The lowest BCUT2D eigenvalue weighted by Crippen LogP contribution is -2.09. The van der Waals surface area contributed by atoms with Crippen molar-refractivity contribution in [3.05, 3.63) is 23.6 Å². The van der Waals surface area contributed by atoms with E-state index in [0.717, 1.165) is 6.42 Å². The molecule has 12 heteroatoms. The van der Waals surface area contributed by atoms with Crippen molar-refractivity contribution in [3.8, 4) is 0 Å². The Labute approximate surface area is 174 Å². The predicted molar refractivity (Wildman–Crippen MR) is 97.4 cm³/mol. The minimum atomic E-state index is -1.72. The number of rotatable bonds is 6. The first kappa shape index (κ1) is 21.3. The zero-order valence-electron chi connectivity index (χ0n) is 13.1. The summed E-state index contributed by atoms with van der Waals surface area (Å²) in [5.74, 6) is 1.23. The molecule has 2 atom stereocenters. The average molecular weight is 471 g/mol. The Hall–Kier alpha value is 0.0200. The second kappa shape index (κ2) is 8.36. The van der Waals surface area contributed by atoms with Gasteiger partial charge >= 0.3 is 0 Å². The van der Waals surface area contributed by atoms with Gasteiger partial charge in [0.15, 0.2) is 0 Å². The van der Waals surface area contributed by atoms with Crippen LogP contribution in [0.3, 0.4) is 0 Å². The number of hydrogen-bond donors (Lipinski definition) is 0. The van der Waals surface area contributed by atoms with E-state index in [1.165, 1.54) is 0 Å². The fourth-order valence-corrected chi connectivity index (χ4v) is 2.81. The minimum absolute atomic E-state index is 0.0437. The van der Waals surface area contributed by atoms with Gasteiger partial charge in [0, 0.05) is 12.8 Å². The first-order valence-corrected chi connectivity index (χ1v) is 9.51. The summed E-state index contributed by atoms with van der Waals surface area (Å²) in [6, 6.07) is 0. The predicted octanol–water partition coefficient (Wildman–Crippen LogP) is 5.55. The second-order valence-electron chi connectivity index (χ2n) is 5.85. The third kappa shape index (κ3) is 6.60. The Morgan fingerprint density at radius 3 is 1.36 bits per heavy atom. The van der Waals surface area contributed by atoms with Crippen LogP contribution in [-0.4, -0.2) is 20.4 Å². The fraction of sp³-hybridized carbons (Fsp3) is 0.692. The van der Waals surface area contributed by atoms with Crippen LogP contribution in [0.2, 0.25) is 0 Å². The summed E-state index contributed by atoms with van der Waals surface area (Å²) < 4.78 is 7.27. The zero-order chi connectivity index (χ0) is 18.8. The number of alkyl halides is 6. The molecule has 2 heterocycles. The van der Waals surface area contributed by atoms with Gasteiger partial charge in [0.25, 0.3) is 19.4 Å². The Morgan fingerprint density at radius 1 is 0.720 bits per heavy atom. The summed E-state index contributed by atoms with van der Waals surface area (Å²) in [5.41, 5.74) is 0. The number of hydrogen-bond acceptors (Lipinski definition) is 6. The van der Waals surface area contributed by atoms with Gasteiger partial charge in [-0.3, -0.25) is 0 Å². The molecule has 6 nitrogen and oxygen atoms in total. The molecule has 0 fully saturated rings. The van der Waals surface area contributed by atoms with E-state index in [4.69, 9.17) is 78.4 Å². The Morgan fingerprint density at radius 2 is 1.08 bits per heavy atom. The Balaban J connectivity index is 1.86. The van der Waals surface area contributed by atoms with E-state index < -0.39 is 7.59 Å². The van der Waals surface area contributed by atoms with Crippen molar-refractivity contribution < 1.29 is 8.83 Å². The quantitative estimate of drug-likeness (QED) is 0.515. The third-order valence-corrected chi connectivity index (χ3v) is 4.24. The van der Waals surface area contributed by atoms with Crippen LogP contribution >= 0.6 is 69.6 Å². The maximum absolute atomic E-state index is 5.70. The van der Waals surface area contributed by atoms with E-state index in [9.17, 15) is 0 Å². The van der Waals surface area contributed by atoms with Crippen molar-refractivity contribution >= 4 is 69.6 Å². The van der Waals surface area contributed by atoms with E-state index >= 15 is 0 Å². The molecule has 140 valence electrons. The van der Waals surface area contributed by atoms with E-state index in [0.29, 0.717) is 24.6 Å². The van der Waals surface area contributed by atoms with Gasteiger partial charge in [0.2, 0.25) is 11.8 Å². The highest BCUT2D eigenvalue weighted by atomic mass is 35.6. The van der Waals surface area contributed by atoms with Gasteiger partial charge < -0.3 is 8.83 Å². The Bertz CT molecular complexity index is 635. The maximum Gasteiger partial charge on any atom is 0.268 e. The second-order valence-corrected chi connectivity index (χ2v) is 10.4. The molecule has 2 unspecified atom stereocenters. The molecule has 2 aromatic rings. The van der Waals surface area contributed by atoms with E-state index in [1.807, 2.05) is 0 Å². The summed E-state index contributed by atoms with van der Waals surface area (Å²) >= 11 is 34.2. The van der Waals surface area contributed by atoms with E-state index in [1.54, 1.807) is 0 Å². The zero-order valence-corrected chi connectivity index (χ0v) is 17.7. The van der Waals surface area contributed by atoms with Gasteiger partial charge in [-0.2, -0.15) is 0 Å². The third-order valence-electron chi connectivity index (χ3n) is 3.27. The molecule has 0 aliphatic rings. The number of nitrogens with zero attached hydrogens (tertiary/aromatic N) is 4. The van der Waals surface area contributed by atoms with Gasteiger partial charge in [0.1, 0.15) is 0 Å². The molecule has 2 rings (SSSR count). The minimum Gasteiger partial charge on any atom is -0.421 e. The first-order valence-electron chi connectivity index (χ1n) is 7.24. The highest BCUT2D eigenvalue weighted by molar-refractivity contribution is 6.66. The monoisotopic (exact) mass is 468 g/mol. The van der Waals surface area contributed by atoms with Crippen LogP contribution in [0.25, 0.3) is 0 Å². The molecule has 0 saturated heterocycles. The number of halogens is 6. The lowest BCUT2D eigenvalue weighted by Gasteiger charge is -2.14. The van der Waals surface area contributed by atoms with E-state index in [2.05, 4.69) is 34.2 Å². The summed E-state index contributed by atoms with van der Waals surface area (Å²) in [6.07, 6.45) is 1.96. The van der Waals surface area contributed by atoms with Crippen LogP contribution in [-0.2, 0) is 20.4 Å². The van der Waals surface area contributed by atoms with Crippen molar-refractivity contribution in [2.24, 2.45) is 11.8 Å². The molecular weight excluding hydrogens is 457 g/mol. The van der Waals surface area contributed by atoms with Crippen LogP contribution < -0.4 is 0 Å². The van der Waals surface area contributed by atoms with Crippen molar-refractivity contribution in [3.63, 3.8) is 0 Å². The van der Waals surface area contributed by atoms with Gasteiger partial charge in [-0.15, -0.1) is 20.4 Å². The normalized spacial score (nSPS) is 15.4. The summed E-state index contributed by atoms with van der Waals surface area (Å²) in [4.78, 5) is 0. The molecule has 0 N–H and O–H groups in total. The molecule has 0 aliphatic carbocycles.